The molecule has 1 amide bonds. The second-order valence-corrected chi connectivity index (χ2v) is 5.21. The minimum atomic E-state index is -0.681. The van der Waals surface area contributed by atoms with Gasteiger partial charge in [-0.15, -0.1) is 0 Å². The minimum absolute atomic E-state index is 0.117. The summed E-state index contributed by atoms with van der Waals surface area (Å²) in [6.45, 7) is 5.52. The fraction of sp³-hybridized carbons (Fsp3) is 0.333. The Morgan fingerprint density at radius 1 is 1.29 bits per heavy atom. The largest absolute Gasteiger partial charge is 0.345 e. The van der Waals surface area contributed by atoms with E-state index in [1.165, 1.54) is 18.3 Å². The first kappa shape index (κ1) is 15.2. The molecule has 0 aliphatic rings. The van der Waals surface area contributed by atoms with Crippen LogP contribution in [0.25, 0.3) is 0 Å². The van der Waals surface area contributed by atoms with Crippen molar-refractivity contribution >= 4 is 5.91 Å². The molecule has 112 valence electrons. The number of aromatic amines is 1. The van der Waals surface area contributed by atoms with Crippen LogP contribution in [0.1, 0.15) is 54.3 Å². The average Bonchev–Trinajstić information content (AvgIpc) is 2.87. The highest BCUT2D eigenvalue weighted by molar-refractivity contribution is 5.95. The van der Waals surface area contributed by atoms with Crippen LogP contribution in [0.4, 0.5) is 8.78 Å². The number of carbonyl (C=O) groups excluding carboxylic acids is 1. The van der Waals surface area contributed by atoms with Crippen LogP contribution in [0.2, 0.25) is 0 Å². The normalized spacial score (nSPS) is 12.5. The van der Waals surface area contributed by atoms with E-state index >= 15 is 0 Å². The first-order valence-corrected chi connectivity index (χ1v) is 6.69. The highest BCUT2D eigenvalue weighted by atomic mass is 19.1. The van der Waals surface area contributed by atoms with Crippen molar-refractivity contribution in [1.82, 2.24) is 15.5 Å². The Hall–Kier alpha value is -2.24. The van der Waals surface area contributed by atoms with Gasteiger partial charge in [0.2, 0.25) is 0 Å². The smallest absolute Gasteiger partial charge is 0.255 e. The van der Waals surface area contributed by atoms with E-state index in [-0.39, 0.29) is 17.4 Å². The molecule has 0 aliphatic carbocycles. The maximum absolute atomic E-state index is 13.7. The van der Waals surface area contributed by atoms with Crippen LogP contribution in [0.5, 0.6) is 0 Å². The van der Waals surface area contributed by atoms with Gasteiger partial charge in [-0.05, 0) is 18.9 Å². The molecular weight excluding hydrogens is 276 g/mol. The third-order valence-electron chi connectivity index (χ3n) is 3.27. The fourth-order valence-electron chi connectivity index (χ4n) is 2.12. The Kier molecular flexibility index (Phi) is 4.35. The number of hydrogen-bond acceptors (Lipinski definition) is 2. The molecule has 0 unspecified atom stereocenters. The molecular formula is C15H17F2N3O. The van der Waals surface area contributed by atoms with Crippen molar-refractivity contribution in [2.24, 2.45) is 0 Å². The Bertz CT molecular complexity index is 652. The molecule has 0 bridgehead atoms. The second-order valence-electron chi connectivity index (χ2n) is 5.21. The van der Waals surface area contributed by atoms with Gasteiger partial charge in [0.1, 0.15) is 11.6 Å². The number of aromatic nitrogens is 2. The van der Waals surface area contributed by atoms with E-state index in [4.69, 9.17) is 0 Å². The molecule has 2 rings (SSSR count). The fourth-order valence-corrected chi connectivity index (χ4v) is 2.12. The van der Waals surface area contributed by atoms with Gasteiger partial charge in [-0.3, -0.25) is 9.89 Å². The van der Waals surface area contributed by atoms with Gasteiger partial charge < -0.3 is 5.32 Å². The standard InChI is InChI=1S/C15H17F2N3O/c1-8(2)14-12(7-18-20-14)15(21)19-9(3)11-5-4-10(16)6-13(11)17/h4-9H,1-3H3,(H,18,20)(H,19,21)/t9-/m0/s1. The highest BCUT2D eigenvalue weighted by Crippen LogP contribution is 2.20. The molecule has 2 N–H and O–H groups in total. The Morgan fingerprint density at radius 3 is 2.62 bits per heavy atom. The quantitative estimate of drug-likeness (QED) is 0.908. The third kappa shape index (κ3) is 3.26. The van der Waals surface area contributed by atoms with E-state index in [1.54, 1.807) is 6.92 Å². The lowest BCUT2D eigenvalue weighted by Gasteiger charge is -2.15. The molecule has 6 heteroatoms. The summed E-state index contributed by atoms with van der Waals surface area (Å²) in [5.74, 6) is -1.56. The van der Waals surface area contributed by atoms with Gasteiger partial charge in [-0.2, -0.15) is 5.10 Å². The SMILES string of the molecule is CC(C)c1[nH]ncc1C(=O)N[C@@H](C)c1ccc(F)cc1F. The molecule has 1 aromatic heterocycles. The van der Waals surface area contributed by atoms with Gasteiger partial charge in [-0.25, -0.2) is 8.78 Å². The topological polar surface area (TPSA) is 57.8 Å². The lowest BCUT2D eigenvalue weighted by Crippen LogP contribution is -2.28. The summed E-state index contributed by atoms with van der Waals surface area (Å²) in [7, 11) is 0. The summed E-state index contributed by atoms with van der Waals surface area (Å²) in [5.41, 5.74) is 1.39. The van der Waals surface area contributed by atoms with Crippen molar-refractivity contribution in [2.45, 2.75) is 32.7 Å². The van der Waals surface area contributed by atoms with E-state index < -0.39 is 17.7 Å². The molecule has 1 atom stereocenters. The molecule has 1 aromatic carbocycles. The summed E-state index contributed by atoms with van der Waals surface area (Å²) in [6, 6.07) is 2.72. The zero-order chi connectivity index (χ0) is 15.6. The summed E-state index contributed by atoms with van der Waals surface area (Å²) >= 11 is 0. The van der Waals surface area contributed by atoms with Crippen LogP contribution in [-0.4, -0.2) is 16.1 Å². The van der Waals surface area contributed by atoms with Gasteiger partial charge in [0, 0.05) is 11.6 Å². The van der Waals surface area contributed by atoms with E-state index in [1.807, 2.05) is 13.8 Å². The molecule has 0 spiro atoms. The molecule has 0 saturated heterocycles. The Labute approximate surface area is 121 Å². The van der Waals surface area contributed by atoms with Crippen LogP contribution in [-0.2, 0) is 0 Å². The maximum atomic E-state index is 13.7. The highest BCUT2D eigenvalue weighted by Gasteiger charge is 2.19. The van der Waals surface area contributed by atoms with Crippen molar-refractivity contribution in [2.75, 3.05) is 0 Å². The molecule has 4 nitrogen and oxygen atoms in total. The lowest BCUT2D eigenvalue weighted by atomic mass is 10.0. The van der Waals surface area contributed by atoms with Crippen molar-refractivity contribution in [1.29, 1.82) is 0 Å². The number of nitrogens with one attached hydrogen (secondary N) is 2. The van der Waals surface area contributed by atoms with Crippen molar-refractivity contribution in [3.63, 3.8) is 0 Å². The molecule has 21 heavy (non-hydrogen) atoms. The monoisotopic (exact) mass is 293 g/mol. The van der Waals surface area contributed by atoms with Gasteiger partial charge >= 0.3 is 0 Å². The number of amides is 1. The number of nitrogens with zero attached hydrogens (tertiary/aromatic N) is 1. The minimum Gasteiger partial charge on any atom is -0.345 e. The molecule has 0 fully saturated rings. The van der Waals surface area contributed by atoms with Crippen LogP contribution >= 0.6 is 0 Å². The molecule has 1 heterocycles. The van der Waals surface area contributed by atoms with Crippen molar-refractivity contribution < 1.29 is 13.6 Å². The first-order chi connectivity index (χ1) is 9.90. The van der Waals surface area contributed by atoms with Crippen molar-refractivity contribution in [3.05, 3.63) is 52.9 Å². The van der Waals surface area contributed by atoms with E-state index in [0.717, 1.165) is 11.8 Å². The van der Waals surface area contributed by atoms with Gasteiger partial charge in [0.25, 0.3) is 5.91 Å². The number of halogens is 2. The summed E-state index contributed by atoms with van der Waals surface area (Å²) in [4.78, 5) is 12.2. The van der Waals surface area contributed by atoms with Crippen LogP contribution in [0, 0.1) is 11.6 Å². The zero-order valence-electron chi connectivity index (χ0n) is 12.1. The van der Waals surface area contributed by atoms with Crippen LogP contribution in [0.15, 0.2) is 24.4 Å². The number of rotatable bonds is 4. The van der Waals surface area contributed by atoms with Crippen LogP contribution < -0.4 is 5.32 Å². The molecule has 0 saturated carbocycles. The molecule has 2 aromatic rings. The predicted octanol–water partition coefficient (Wildman–Crippen LogP) is 3.30. The van der Waals surface area contributed by atoms with E-state index in [9.17, 15) is 13.6 Å². The Balaban J connectivity index is 2.17. The lowest BCUT2D eigenvalue weighted by molar-refractivity contribution is 0.0938. The van der Waals surface area contributed by atoms with Crippen LogP contribution in [0.3, 0.4) is 0 Å². The third-order valence-corrected chi connectivity index (χ3v) is 3.27. The number of H-pyrrole nitrogens is 1. The molecule has 0 radical (unpaired) electrons. The number of hydrogen-bond donors (Lipinski definition) is 2. The maximum Gasteiger partial charge on any atom is 0.255 e. The van der Waals surface area contributed by atoms with Gasteiger partial charge in [0.15, 0.2) is 0 Å². The second kappa shape index (κ2) is 6.03. The average molecular weight is 293 g/mol. The van der Waals surface area contributed by atoms with E-state index in [0.29, 0.717) is 5.56 Å². The summed E-state index contributed by atoms with van der Waals surface area (Å²) in [6.07, 6.45) is 1.44. The number of carbonyl (C=O) groups is 1. The van der Waals surface area contributed by atoms with Crippen molar-refractivity contribution in [3.8, 4) is 0 Å². The molecule has 0 aliphatic heterocycles. The van der Waals surface area contributed by atoms with E-state index in [2.05, 4.69) is 15.5 Å². The number of benzene rings is 1. The van der Waals surface area contributed by atoms with Gasteiger partial charge in [-0.1, -0.05) is 19.9 Å². The zero-order valence-corrected chi connectivity index (χ0v) is 12.1. The van der Waals surface area contributed by atoms with Gasteiger partial charge in [0.05, 0.1) is 23.5 Å². The summed E-state index contributed by atoms with van der Waals surface area (Å²) < 4.78 is 26.6. The summed E-state index contributed by atoms with van der Waals surface area (Å²) in [5, 5.41) is 9.34. The predicted molar refractivity (Wildman–Crippen MR) is 74.9 cm³/mol. The first-order valence-electron chi connectivity index (χ1n) is 6.69. The Morgan fingerprint density at radius 2 is 2.00 bits per heavy atom.